The maximum absolute atomic E-state index is 12.3. The van der Waals surface area contributed by atoms with Crippen LogP contribution in [0.15, 0.2) is 30.3 Å². The molecular weight excluding hydrogens is 336 g/mol. The molecule has 5 heteroatoms. The number of benzene rings is 1. The fraction of sp³-hybridized carbons (Fsp3) is 0.682. The molecule has 0 aromatic heterocycles. The monoisotopic (exact) mass is 370 g/mol. The van der Waals surface area contributed by atoms with E-state index >= 15 is 0 Å². The van der Waals surface area contributed by atoms with Crippen LogP contribution in [0.3, 0.4) is 0 Å². The van der Waals surface area contributed by atoms with Gasteiger partial charge in [-0.15, -0.1) is 0 Å². The van der Waals surface area contributed by atoms with Gasteiger partial charge < -0.3 is 15.1 Å². The highest BCUT2D eigenvalue weighted by molar-refractivity contribution is 5.76. The van der Waals surface area contributed by atoms with Crippen molar-refractivity contribution < 1.29 is 4.79 Å². The van der Waals surface area contributed by atoms with E-state index in [1.165, 1.54) is 31.6 Å². The number of carbonyl (C=O) groups excluding carboxylic acids is 1. The van der Waals surface area contributed by atoms with Crippen LogP contribution in [0.1, 0.15) is 38.5 Å². The molecule has 2 heterocycles. The molecule has 3 fully saturated rings. The van der Waals surface area contributed by atoms with Crippen LogP contribution in [0, 0.1) is 0 Å². The van der Waals surface area contributed by atoms with E-state index < -0.39 is 0 Å². The smallest absolute Gasteiger partial charge is 0.220 e. The minimum Gasteiger partial charge on any atom is -0.369 e. The molecule has 0 atom stereocenters. The lowest BCUT2D eigenvalue weighted by atomic mass is 10.0. The first-order valence-electron chi connectivity index (χ1n) is 10.8. The van der Waals surface area contributed by atoms with Gasteiger partial charge in [0.1, 0.15) is 0 Å². The number of piperazine rings is 1. The lowest BCUT2D eigenvalue weighted by Crippen LogP contribution is -2.47. The van der Waals surface area contributed by atoms with Crippen molar-refractivity contribution in [3.05, 3.63) is 30.3 Å². The molecule has 4 rings (SSSR count). The van der Waals surface area contributed by atoms with Gasteiger partial charge in [-0.3, -0.25) is 9.69 Å². The van der Waals surface area contributed by atoms with Crippen LogP contribution in [0.5, 0.6) is 0 Å². The van der Waals surface area contributed by atoms with E-state index in [0.717, 1.165) is 58.0 Å². The molecule has 5 nitrogen and oxygen atoms in total. The molecule has 0 spiro atoms. The van der Waals surface area contributed by atoms with Gasteiger partial charge in [0.05, 0.1) is 0 Å². The summed E-state index contributed by atoms with van der Waals surface area (Å²) in [6, 6.07) is 11.9. The predicted octanol–water partition coefficient (Wildman–Crippen LogP) is 2.33. The van der Waals surface area contributed by atoms with Gasteiger partial charge in [-0.1, -0.05) is 18.2 Å². The molecule has 2 saturated heterocycles. The predicted molar refractivity (Wildman–Crippen MR) is 110 cm³/mol. The average Bonchev–Trinajstić information content (AvgIpc) is 3.55. The molecule has 1 aliphatic carbocycles. The molecule has 1 saturated carbocycles. The zero-order valence-electron chi connectivity index (χ0n) is 16.5. The van der Waals surface area contributed by atoms with E-state index in [1.54, 1.807) is 0 Å². The van der Waals surface area contributed by atoms with Crippen molar-refractivity contribution >= 4 is 11.6 Å². The van der Waals surface area contributed by atoms with Crippen molar-refractivity contribution in [3.63, 3.8) is 0 Å². The SMILES string of the molecule is O=C(CCCN1CCN(c2ccccc2)CC1)NC1CCN(C2CC2)CC1. The Balaban J connectivity index is 1.08. The highest BCUT2D eigenvalue weighted by Crippen LogP contribution is 2.29. The number of carbonyl (C=O) groups is 1. The van der Waals surface area contributed by atoms with E-state index in [1.807, 2.05) is 0 Å². The van der Waals surface area contributed by atoms with Crippen molar-refractivity contribution in [2.45, 2.75) is 50.6 Å². The van der Waals surface area contributed by atoms with Gasteiger partial charge >= 0.3 is 0 Å². The third-order valence-electron chi connectivity index (χ3n) is 6.33. The highest BCUT2D eigenvalue weighted by atomic mass is 16.1. The third-order valence-corrected chi connectivity index (χ3v) is 6.33. The maximum Gasteiger partial charge on any atom is 0.220 e. The van der Waals surface area contributed by atoms with E-state index in [0.29, 0.717) is 12.5 Å². The Labute approximate surface area is 163 Å². The normalized spacial score (nSPS) is 22.7. The number of nitrogens with one attached hydrogen (secondary N) is 1. The van der Waals surface area contributed by atoms with E-state index in [2.05, 4.69) is 50.3 Å². The summed E-state index contributed by atoms with van der Waals surface area (Å²) in [5, 5.41) is 3.27. The second-order valence-corrected chi connectivity index (χ2v) is 8.38. The first-order valence-corrected chi connectivity index (χ1v) is 10.8. The standard InChI is InChI=1S/C22H34N4O/c27-22(23-19-10-13-25(14-11-19)21-8-9-21)7-4-12-24-15-17-26(18-16-24)20-5-2-1-3-6-20/h1-3,5-6,19,21H,4,7-18H2,(H,23,27). The molecule has 0 bridgehead atoms. The van der Waals surface area contributed by atoms with Crippen LogP contribution in [0.2, 0.25) is 0 Å². The quantitative estimate of drug-likeness (QED) is 0.800. The molecule has 0 radical (unpaired) electrons. The number of hydrogen-bond acceptors (Lipinski definition) is 4. The largest absolute Gasteiger partial charge is 0.369 e. The van der Waals surface area contributed by atoms with Gasteiger partial charge in [-0.05, 0) is 50.8 Å². The summed E-state index contributed by atoms with van der Waals surface area (Å²) in [4.78, 5) is 19.8. The van der Waals surface area contributed by atoms with Gasteiger partial charge in [0.2, 0.25) is 5.91 Å². The summed E-state index contributed by atoms with van der Waals surface area (Å²) in [5.74, 6) is 0.253. The fourth-order valence-electron chi connectivity index (χ4n) is 4.48. The van der Waals surface area contributed by atoms with Crippen molar-refractivity contribution in [2.75, 3.05) is 50.7 Å². The van der Waals surface area contributed by atoms with Crippen LogP contribution in [-0.4, -0.2) is 73.6 Å². The van der Waals surface area contributed by atoms with Crippen molar-refractivity contribution in [3.8, 4) is 0 Å². The number of piperidine rings is 1. The van der Waals surface area contributed by atoms with Crippen LogP contribution in [0.25, 0.3) is 0 Å². The van der Waals surface area contributed by atoms with Crippen LogP contribution >= 0.6 is 0 Å². The molecule has 1 N–H and O–H groups in total. The van der Waals surface area contributed by atoms with Gasteiger partial charge in [0.15, 0.2) is 0 Å². The third kappa shape index (κ3) is 5.45. The van der Waals surface area contributed by atoms with Crippen LogP contribution in [0.4, 0.5) is 5.69 Å². The summed E-state index contributed by atoms with van der Waals surface area (Å²) >= 11 is 0. The first-order chi connectivity index (χ1) is 13.3. The second-order valence-electron chi connectivity index (χ2n) is 8.38. The number of amides is 1. The number of likely N-dealkylation sites (tertiary alicyclic amines) is 1. The van der Waals surface area contributed by atoms with Gasteiger partial charge in [-0.25, -0.2) is 0 Å². The molecular formula is C22H34N4O. The Hall–Kier alpha value is -1.59. The van der Waals surface area contributed by atoms with Gasteiger partial charge in [0, 0.05) is 63.5 Å². The minimum atomic E-state index is 0.253. The van der Waals surface area contributed by atoms with Crippen molar-refractivity contribution in [1.29, 1.82) is 0 Å². The lowest BCUT2D eigenvalue weighted by Gasteiger charge is -2.36. The fourth-order valence-corrected chi connectivity index (χ4v) is 4.48. The second kappa shape index (κ2) is 9.07. The van der Waals surface area contributed by atoms with E-state index in [9.17, 15) is 4.79 Å². The van der Waals surface area contributed by atoms with E-state index in [-0.39, 0.29) is 5.91 Å². The topological polar surface area (TPSA) is 38.8 Å². The maximum atomic E-state index is 12.3. The van der Waals surface area contributed by atoms with Crippen LogP contribution in [-0.2, 0) is 4.79 Å². The van der Waals surface area contributed by atoms with Crippen LogP contribution < -0.4 is 10.2 Å². The number of hydrogen-bond donors (Lipinski definition) is 1. The summed E-state index contributed by atoms with van der Waals surface area (Å²) in [6.45, 7) is 7.72. The average molecular weight is 371 g/mol. The highest BCUT2D eigenvalue weighted by Gasteiger charge is 2.32. The molecule has 27 heavy (non-hydrogen) atoms. The molecule has 0 unspecified atom stereocenters. The number of nitrogens with zero attached hydrogens (tertiary/aromatic N) is 3. The Bertz CT molecular complexity index is 588. The summed E-state index contributed by atoms with van der Waals surface area (Å²) in [5.41, 5.74) is 1.32. The molecule has 3 aliphatic rings. The summed E-state index contributed by atoms with van der Waals surface area (Å²) < 4.78 is 0. The molecule has 1 aromatic carbocycles. The first kappa shape index (κ1) is 18.8. The van der Waals surface area contributed by atoms with E-state index in [4.69, 9.17) is 0 Å². The van der Waals surface area contributed by atoms with Crippen molar-refractivity contribution in [2.24, 2.45) is 0 Å². The summed E-state index contributed by atoms with van der Waals surface area (Å²) in [7, 11) is 0. The lowest BCUT2D eigenvalue weighted by molar-refractivity contribution is -0.122. The Kier molecular flexibility index (Phi) is 6.30. The Morgan fingerprint density at radius 1 is 0.926 bits per heavy atom. The molecule has 148 valence electrons. The Morgan fingerprint density at radius 2 is 1.63 bits per heavy atom. The Morgan fingerprint density at radius 3 is 2.30 bits per heavy atom. The number of rotatable bonds is 7. The van der Waals surface area contributed by atoms with Crippen molar-refractivity contribution in [1.82, 2.24) is 15.1 Å². The zero-order valence-corrected chi connectivity index (χ0v) is 16.5. The molecule has 1 amide bonds. The minimum absolute atomic E-state index is 0.253. The van der Waals surface area contributed by atoms with Gasteiger partial charge in [0.25, 0.3) is 0 Å². The number of anilines is 1. The molecule has 1 aromatic rings. The zero-order chi connectivity index (χ0) is 18.5. The van der Waals surface area contributed by atoms with Gasteiger partial charge in [-0.2, -0.15) is 0 Å². The summed E-state index contributed by atoms with van der Waals surface area (Å²) in [6.07, 6.45) is 6.67. The number of para-hydroxylation sites is 1. The molecule has 2 aliphatic heterocycles.